The van der Waals surface area contributed by atoms with Gasteiger partial charge in [0.2, 0.25) is 0 Å². The fourth-order valence-corrected chi connectivity index (χ4v) is 3.18. The SMILES string of the molecule is COc1cccc(F)c1-c1nc(C(=O)Nc2ccncc2)c(C)s1. The van der Waals surface area contributed by atoms with Crippen molar-refractivity contribution in [2.24, 2.45) is 0 Å². The lowest BCUT2D eigenvalue weighted by atomic mass is 10.2. The molecule has 0 bridgehead atoms. The molecule has 7 heteroatoms. The minimum atomic E-state index is -0.441. The molecule has 0 spiro atoms. The van der Waals surface area contributed by atoms with Gasteiger partial charge in [0, 0.05) is 23.0 Å². The van der Waals surface area contributed by atoms with Crippen molar-refractivity contribution in [1.29, 1.82) is 0 Å². The summed E-state index contributed by atoms with van der Waals surface area (Å²) < 4.78 is 19.4. The number of nitrogens with zero attached hydrogens (tertiary/aromatic N) is 2. The molecule has 1 N–H and O–H groups in total. The molecule has 3 aromatic rings. The van der Waals surface area contributed by atoms with Crippen LogP contribution in [-0.4, -0.2) is 23.0 Å². The molecule has 0 aliphatic rings. The number of ether oxygens (including phenoxy) is 1. The number of anilines is 1. The summed E-state index contributed by atoms with van der Waals surface area (Å²) in [7, 11) is 1.47. The number of hydrogen-bond acceptors (Lipinski definition) is 5. The smallest absolute Gasteiger partial charge is 0.275 e. The molecule has 24 heavy (non-hydrogen) atoms. The Morgan fingerprint density at radius 2 is 2.00 bits per heavy atom. The first kappa shape index (κ1) is 16.1. The van der Waals surface area contributed by atoms with Gasteiger partial charge in [-0.05, 0) is 31.2 Å². The number of carbonyl (C=O) groups excluding carboxylic acids is 1. The zero-order valence-electron chi connectivity index (χ0n) is 13.0. The van der Waals surface area contributed by atoms with Gasteiger partial charge in [0.15, 0.2) is 0 Å². The van der Waals surface area contributed by atoms with Gasteiger partial charge < -0.3 is 10.1 Å². The van der Waals surface area contributed by atoms with Crippen molar-refractivity contribution in [3.8, 4) is 16.3 Å². The molecule has 122 valence electrons. The number of thiazole rings is 1. The monoisotopic (exact) mass is 343 g/mol. The molecule has 0 saturated carbocycles. The van der Waals surface area contributed by atoms with Crippen LogP contribution >= 0.6 is 11.3 Å². The quantitative estimate of drug-likeness (QED) is 0.780. The highest BCUT2D eigenvalue weighted by Gasteiger charge is 2.21. The molecule has 1 aromatic carbocycles. The standard InChI is InChI=1S/C17H14FN3O2S/c1-10-15(16(22)20-11-6-8-19-9-7-11)21-17(24-10)14-12(18)4-3-5-13(14)23-2/h3-9H,1-2H3,(H,19,20,22). The van der Waals surface area contributed by atoms with E-state index in [1.165, 1.54) is 24.5 Å². The lowest BCUT2D eigenvalue weighted by Gasteiger charge is -2.06. The zero-order chi connectivity index (χ0) is 17.1. The van der Waals surface area contributed by atoms with E-state index in [4.69, 9.17) is 4.74 Å². The maximum Gasteiger partial charge on any atom is 0.275 e. The van der Waals surface area contributed by atoms with Gasteiger partial charge in [-0.15, -0.1) is 11.3 Å². The number of rotatable bonds is 4. The average Bonchev–Trinajstić information content (AvgIpc) is 2.97. The van der Waals surface area contributed by atoms with E-state index < -0.39 is 5.82 Å². The molecule has 0 unspecified atom stereocenters. The van der Waals surface area contributed by atoms with Crippen LogP contribution in [0.15, 0.2) is 42.7 Å². The number of aromatic nitrogens is 2. The van der Waals surface area contributed by atoms with E-state index in [1.54, 1.807) is 43.6 Å². The van der Waals surface area contributed by atoms with E-state index in [9.17, 15) is 9.18 Å². The highest BCUT2D eigenvalue weighted by Crippen LogP contribution is 2.36. The Morgan fingerprint density at radius 3 is 2.71 bits per heavy atom. The average molecular weight is 343 g/mol. The molecular weight excluding hydrogens is 329 g/mol. The molecule has 0 fully saturated rings. The molecule has 3 rings (SSSR count). The van der Waals surface area contributed by atoms with E-state index >= 15 is 0 Å². The molecular formula is C17H14FN3O2S. The molecule has 0 aliphatic heterocycles. The summed E-state index contributed by atoms with van der Waals surface area (Å²) >= 11 is 1.25. The number of hydrogen-bond donors (Lipinski definition) is 1. The van der Waals surface area contributed by atoms with Crippen molar-refractivity contribution < 1.29 is 13.9 Å². The Kier molecular flexibility index (Phi) is 4.52. The zero-order valence-corrected chi connectivity index (χ0v) is 13.9. The lowest BCUT2D eigenvalue weighted by Crippen LogP contribution is -2.13. The van der Waals surface area contributed by atoms with Gasteiger partial charge in [0.1, 0.15) is 22.3 Å². The number of aryl methyl sites for hydroxylation is 1. The Balaban J connectivity index is 1.95. The van der Waals surface area contributed by atoms with Crippen molar-refractivity contribution >= 4 is 22.9 Å². The van der Waals surface area contributed by atoms with Crippen LogP contribution in [0, 0.1) is 12.7 Å². The molecule has 1 amide bonds. The van der Waals surface area contributed by atoms with Crippen molar-refractivity contribution in [3.63, 3.8) is 0 Å². The van der Waals surface area contributed by atoms with Crippen LogP contribution < -0.4 is 10.1 Å². The van der Waals surface area contributed by atoms with Crippen molar-refractivity contribution in [2.75, 3.05) is 12.4 Å². The Morgan fingerprint density at radius 1 is 1.25 bits per heavy atom. The van der Waals surface area contributed by atoms with Crippen molar-refractivity contribution in [2.45, 2.75) is 6.92 Å². The molecule has 0 atom stereocenters. The summed E-state index contributed by atoms with van der Waals surface area (Å²) in [6.07, 6.45) is 3.16. The highest BCUT2D eigenvalue weighted by atomic mass is 32.1. The van der Waals surface area contributed by atoms with Crippen LogP contribution in [0.4, 0.5) is 10.1 Å². The minimum absolute atomic E-state index is 0.260. The first-order chi connectivity index (χ1) is 11.6. The van der Waals surface area contributed by atoms with Gasteiger partial charge in [-0.3, -0.25) is 9.78 Å². The van der Waals surface area contributed by atoms with Crippen LogP contribution in [0.25, 0.3) is 10.6 Å². The van der Waals surface area contributed by atoms with Crippen LogP contribution in [0.3, 0.4) is 0 Å². The summed E-state index contributed by atoms with van der Waals surface area (Å²) in [4.78, 5) is 21.3. The first-order valence-electron chi connectivity index (χ1n) is 7.12. The van der Waals surface area contributed by atoms with Gasteiger partial charge in [-0.25, -0.2) is 9.37 Å². The van der Waals surface area contributed by atoms with Crippen LogP contribution in [0.5, 0.6) is 5.75 Å². The molecule has 0 aliphatic carbocycles. The first-order valence-corrected chi connectivity index (χ1v) is 7.93. The summed E-state index contributed by atoms with van der Waals surface area (Å²) in [6.45, 7) is 1.77. The number of carbonyl (C=O) groups is 1. The number of nitrogens with one attached hydrogen (secondary N) is 1. The topological polar surface area (TPSA) is 64.1 Å². The van der Waals surface area contributed by atoms with Crippen LogP contribution in [0.2, 0.25) is 0 Å². The summed E-state index contributed by atoms with van der Waals surface area (Å²) in [5.41, 5.74) is 1.14. The normalized spacial score (nSPS) is 10.5. The third kappa shape index (κ3) is 3.11. The molecule has 2 aromatic heterocycles. The van der Waals surface area contributed by atoms with E-state index in [-0.39, 0.29) is 17.2 Å². The van der Waals surface area contributed by atoms with E-state index in [0.717, 1.165) is 0 Å². The van der Waals surface area contributed by atoms with Crippen LogP contribution in [-0.2, 0) is 0 Å². The Hall–Kier alpha value is -2.80. The van der Waals surface area contributed by atoms with E-state index in [0.29, 0.717) is 21.3 Å². The number of amides is 1. The maximum atomic E-state index is 14.2. The highest BCUT2D eigenvalue weighted by molar-refractivity contribution is 7.15. The van der Waals surface area contributed by atoms with Gasteiger partial charge in [-0.1, -0.05) is 6.07 Å². The summed E-state index contributed by atoms with van der Waals surface area (Å²) in [5.74, 6) is -0.412. The molecule has 2 heterocycles. The second kappa shape index (κ2) is 6.76. The molecule has 0 radical (unpaired) electrons. The third-order valence-electron chi connectivity index (χ3n) is 3.36. The summed E-state index contributed by atoms with van der Waals surface area (Å²) in [6, 6.07) is 7.92. The fraction of sp³-hybridized carbons (Fsp3) is 0.118. The molecule has 0 saturated heterocycles. The van der Waals surface area contributed by atoms with Crippen molar-refractivity contribution in [3.05, 3.63) is 59.1 Å². The second-order valence-electron chi connectivity index (χ2n) is 4.93. The second-order valence-corrected chi connectivity index (χ2v) is 6.13. The fourth-order valence-electron chi connectivity index (χ4n) is 2.22. The lowest BCUT2D eigenvalue weighted by molar-refractivity contribution is 0.102. The largest absolute Gasteiger partial charge is 0.496 e. The Labute approximate surface area is 142 Å². The summed E-state index contributed by atoms with van der Waals surface area (Å²) in [5, 5.41) is 3.15. The van der Waals surface area contributed by atoms with Crippen molar-refractivity contribution in [1.82, 2.24) is 9.97 Å². The number of benzene rings is 1. The number of halogens is 1. The van der Waals surface area contributed by atoms with Gasteiger partial charge in [0.25, 0.3) is 5.91 Å². The number of pyridine rings is 1. The van der Waals surface area contributed by atoms with Crippen LogP contribution in [0.1, 0.15) is 15.4 Å². The number of methoxy groups -OCH3 is 1. The minimum Gasteiger partial charge on any atom is -0.496 e. The van der Waals surface area contributed by atoms with E-state index in [2.05, 4.69) is 15.3 Å². The third-order valence-corrected chi connectivity index (χ3v) is 4.35. The van der Waals surface area contributed by atoms with Gasteiger partial charge >= 0.3 is 0 Å². The molecule has 5 nitrogen and oxygen atoms in total. The predicted molar refractivity (Wildman–Crippen MR) is 91.0 cm³/mol. The van der Waals surface area contributed by atoms with Gasteiger partial charge in [-0.2, -0.15) is 0 Å². The van der Waals surface area contributed by atoms with E-state index in [1.807, 2.05) is 0 Å². The Bertz CT molecular complexity index is 881. The predicted octanol–water partition coefficient (Wildman–Crippen LogP) is 3.91. The van der Waals surface area contributed by atoms with Gasteiger partial charge in [0.05, 0.1) is 12.7 Å². The maximum absolute atomic E-state index is 14.2.